The van der Waals surface area contributed by atoms with E-state index in [1.165, 1.54) is 24.0 Å². The second kappa shape index (κ2) is 22.8. The summed E-state index contributed by atoms with van der Waals surface area (Å²) in [5.41, 5.74) is 2.82. The maximum atomic E-state index is 2.21. The van der Waals surface area contributed by atoms with Gasteiger partial charge in [-0.15, -0.1) is 0 Å². The van der Waals surface area contributed by atoms with E-state index in [0.717, 1.165) is 0 Å². The number of benzene rings is 1. The van der Waals surface area contributed by atoms with Crippen LogP contribution >= 0.6 is 0 Å². The van der Waals surface area contributed by atoms with Crippen LogP contribution in [0.5, 0.6) is 0 Å². The minimum Gasteiger partial charge on any atom is -0.0842 e. The van der Waals surface area contributed by atoms with Gasteiger partial charge in [-0.05, 0) is 24.0 Å². The zero-order valence-corrected chi connectivity index (χ0v) is 15.0. The van der Waals surface area contributed by atoms with Crippen molar-refractivity contribution in [3.05, 3.63) is 54.1 Å². The predicted molar refractivity (Wildman–Crippen MR) is 98.2 cm³/mol. The maximum absolute atomic E-state index is 2.21. The van der Waals surface area contributed by atoms with Crippen LogP contribution in [0.4, 0.5) is 0 Å². The molecular weight excluding hydrogens is 240 g/mol. The number of rotatable bonds is 1. The first kappa shape index (κ1) is 23.8. The molecule has 0 heterocycles. The summed E-state index contributed by atoms with van der Waals surface area (Å²) in [7, 11) is 0. The normalized spacial score (nSPS) is 10.7. The Hall–Kier alpha value is -1.30. The average molecular weight is 277 g/mol. The van der Waals surface area contributed by atoms with Gasteiger partial charge in [0.15, 0.2) is 0 Å². The maximum Gasteiger partial charge on any atom is -0.0224 e. The van der Waals surface area contributed by atoms with E-state index in [1.807, 2.05) is 55.4 Å². The lowest BCUT2D eigenvalue weighted by Gasteiger charge is -2.08. The van der Waals surface area contributed by atoms with Gasteiger partial charge in [-0.1, -0.05) is 104 Å². The molecule has 2 rings (SSSR count). The largest absolute Gasteiger partial charge is 0.0842 e. The van der Waals surface area contributed by atoms with Crippen molar-refractivity contribution in [3.8, 4) is 0 Å². The zero-order valence-electron chi connectivity index (χ0n) is 15.0. The van der Waals surface area contributed by atoms with Crippen LogP contribution in [0.25, 0.3) is 5.57 Å². The first-order valence-electron chi connectivity index (χ1n) is 8.38. The highest BCUT2D eigenvalue weighted by Crippen LogP contribution is 2.22. The van der Waals surface area contributed by atoms with Gasteiger partial charge in [0, 0.05) is 0 Å². The van der Waals surface area contributed by atoms with Crippen molar-refractivity contribution in [3.63, 3.8) is 0 Å². The van der Waals surface area contributed by atoms with Crippen LogP contribution in [0.15, 0.2) is 48.6 Å². The lowest BCUT2D eigenvalue weighted by molar-refractivity contribution is 1.05. The Morgan fingerprint density at radius 2 is 1.20 bits per heavy atom. The lowest BCUT2D eigenvalue weighted by Crippen LogP contribution is -1.86. The van der Waals surface area contributed by atoms with E-state index >= 15 is 0 Å². The van der Waals surface area contributed by atoms with Gasteiger partial charge in [-0.2, -0.15) is 0 Å². The average Bonchev–Trinajstić information content (AvgIpc) is 2.63. The van der Waals surface area contributed by atoms with Crippen molar-refractivity contribution in [1.82, 2.24) is 0 Å². The highest BCUT2D eigenvalue weighted by atomic mass is 14.1. The Balaban J connectivity index is -0.000000314. The van der Waals surface area contributed by atoms with Gasteiger partial charge in [0.2, 0.25) is 0 Å². The van der Waals surface area contributed by atoms with E-state index < -0.39 is 0 Å². The third-order valence-electron chi connectivity index (χ3n) is 2.16. The van der Waals surface area contributed by atoms with E-state index in [4.69, 9.17) is 0 Å². The molecule has 116 valence electrons. The van der Waals surface area contributed by atoms with Crippen LogP contribution in [-0.2, 0) is 0 Å². The Labute approximate surface area is 128 Å². The molecule has 0 nitrogen and oxygen atoms in total. The van der Waals surface area contributed by atoms with Crippen LogP contribution < -0.4 is 0 Å². The minimum absolute atomic E-state index is 1.18. The molecule has 0 bridgehead atoms. The predicted octanol–water partition coefficient (Wildman–Crippen LogP) is 7.52. The standard InChI is InChI=1S/C12H12.4C2H6/c1-3-7-11(8-4-1)12-9-5-2-6-10-12;4*1-2/h1-5,7-9H,6,10H2;4*1-2H3. The van der Waals surface area contributed by atoms with Crippen molar-refractivity contribution in [2.75, 3.05) is 0 Å². The van der Waals surface area contributed by atoms with Crippen LogP contribution in [0.3, 0.4) is 0 Å². The summed E-state index contributed by atoms with van der Waals surface area (Å²) in [4.78, 5) is 0. The summed E-state index contributed by atoms with van der Waals surface area (Å²) in [6.07, 6.45) is 8.93. The quantitative estimate of drug-likeness (QED) is 0.497. The molecule has 0 amide bonds. The molecule has 1 aliphatic rings. The molecule has 0 atom stereocenters. The van der Waals surface area contributed by atoms with Gasteiger partial charge in [-0.3, -0.25) is 0 Å². The zero-order chi connectivity index (χ0) is 16.2. The van der Waals surface area contributed by atoms with Crippen LogP contribution in [0.2, 0.25) is 0 Å². The van der Waals surface area contributed by atoms with Gasteiger partial charge in [-0.25, -0.2) is 0 Å². The number of allylic oxidation sites excluding steroid dienone is 4. The topological polar surface area (TPSA) is 0 Å². The molecule has 0 heteroatoms. The summed E-state index contributed by atoms with van der Waals surface area (Å²) in [5, 5.41) is 0. The second-order valence-electron chi connectivity index (χ2n) is 3.02. The molecule has 0 N–H and O–H groups in total. The fourth-order valence-electron chi connectivity index (χ4n) is 1.50. The van der Waals surface area contributed by atoms with Crippen molar-refractivity contribution < 1.29 is 0 Å². The molecule has 0 spiro atoms. The van der Waals surface area contributed by atoms with Crippen molar-refractivity contribution in [1.29, 1.82) is 0 Å². The Kier molecular flexibility index (Phi) is 27.1. The summed E-state index contributed by atoms with van der Waals surface area (Å²) in [6.45, 7) is 16.0. The first-order chi connectivity index (χ1) is 9.97. The van der Waals surface area contributed by atoms with Crippen molar-refractivity contribution in [2.24, 2.45) is 0 Å². The fourth-order valence-corrected chi connectivity index (χ4v) is 1.50. The monoisotopic (exact) mass is 276 g/mol. The lowest BCUT2D eigenvalue weighted by atomic mass is 9.98. The number of hydrogen-bond donors (Lipinski definition) is 0. The van der Waals surface area contributed by atoms with Gasteiger partial charge in [0.1, 0.15) is 0 Å². The van der Waals surface area contributed by atoms with E-state index in [2.05, 4.69) is 48.6 Å². The summed E-state index contributed by atoms with van der Waals surface area (Å²) >= 11 is 0. The summed E-state index contributed by atoms with van der Waals surface area (Å²) in [5.74, 6) is 0. The van der Waals surface area contributed by atoms with Crippen molar-refractivity contribution in [2.45, 2.75) is 68.2 Å². The van der Waals surface area contributed by atoms with Crippen molar-refractivity contribution >= 4 is 5.57 Å². The van der Waals surface area contributed by atoms with Gasteiger partial charge >= 0.3 is 0 Å². The van der Waals surface area contributed by atoms with Crippen LogP contribution in [0.1, 0.15) is 73.8 Å². The van der Waals surface area contributed by atoms with Gasteiger partial charge in [0.05, 0.1) is 0 Å². The van der Waals surface area contributed by atoms with Crippen LogP contribution in [0, 0.1) is 0 Å². The molecule has 0 saturated heterocycles. The second-order valence-corrected chi connectivity index (χ2v) is 3.02. The molecule has 1 aromatic carbocycles. The van der Waals surface area contributed by atoms with Crippen LogP contribution in [-0.4, -0.2) is 0 Å². The van der Waals surface area contributed by atoms with E-state index in [0.29, 0.717) is 0 Å². The highest BCUT2D eigenvalue weighted by molar-refractivity contribution is 5.67. The van der Waals surface area contributed by atoms with E-state index in [9.17, 15) is 0 Å². The summed E-state index contributed by atoms with van der Waals surface area (Å²) in [6, 6.07) is 10.6. The molecule has 0 unspecified atom stereocenters. The first-order valence-corrected chi connectivity index (χ1v) is 8.38. The van der Waals surface area contributed by atoms with Gasteiger partial charge in [0.25, 0.3) is 0 Å². The molecule has 0 aromatic heterocycles. The summed E-state index contributed by atoms with van der Waals surface area (Å²) < 4.78 is 0. The Bertz CT molecular complexity index is 304. The highest BCUT2D eigenvalue weighted by Gasteiger charge is 2.00. The third-order valence-corrected chi connectivity index (χ3v) is 2.16. The van der Waals surface area contributed by atoms with E-state index in [1.54, 1.807) is 0 Å². The van der Waals surface area contributed by atoms with E-state index in [-0.39, 0.29) is 0 Å². The molecule has 0 saturated carbocycles. The molecule has 0 radical (unpaired) electrons. The Morgan fingerprint density at radius 3 is 1.60 bits per heavy atom. The molecule has 1 aliphatic carbocycles. The smallest absolute Gasteiger partial charge is 0.0224 e. The molecule has 0 aliphatic heterocycles. The molecule has 1 aromatic rings. The Morgan fingerprint density at radius 1 is 0.700 bits per heavy atom. The molecule has 20 heavy (non-hydrogen) atoms. The molecule has 0 fully saturated rings. The SMILES string of the molecule is C1=CCCC(c2ccccc2)=C1.CC.CC.CC.CC. The third kappa shape index (κ3) is 11.8. The minimum atomic E-state index is 1.18. The fraction of sp³-hybridized carbons (Fsp3) is 0.500. The van der Waals surface area contributed by atoms with Gasteiger partial charge < -0.3 is 0 Å². The number of hydrogen-bond acceptors (Lipinski definition) is 0. The molecular formula is C20H36.